The molecule has 0 fully saturated rings. The van der Waals surface area contributed by atoms with Gasteiger partial charge in [-0.1, -0.05) is 323 Å². The van der Waals surface area contributed by atoms with Crippen LogP contribution in [0.1, 0.15) is 357 Å². The summed E-state index contributed by atoms with van der Waals surface area (Å²) in [6.07, 6.45) is 66.8. The molecule has 0 heterocycles. The van der Waals surface area contributed by atoms with Crippen LogP contribution in [0.25, 0.3) is 0 Å². The first kappa shape index (κ1) is 61.6. The van der Waals surface area contributed by atoms with Crippen molar-refractivity contribution in [1.29, 1.82) is 0 Å². The average molecular weight is 924 g/mol. The van der Waals surface area contributed by atoms with Crippen molar-refractivity contribution >= 4 is 0 Å². The number of unbranched alkanes of at least 4 members (excludes halogenated alkanes) is 40. The second-order valence-corrected chi connectivity index (χ2v) is 22.5. The zero-order chi connectivity index (χ0) is 48.1. The molecule has 2 radical (unpaired) electrons. The van der Waals surface area contributed by atoms with Gasteiger partial charge >= 0.3 is 0 Å². The van der Waals surface area contributed by atoms with E-state index in [-0.39, 0.29) is 5.41 Å². The molecular formula is C67H118. The molecule has 0 atom stereocenters. The molecule has 0 aliphatic heterocycles. The van der Waals surface area contributed by atoms with Crippen LogP contribution in [0.4, 0.5) is 0 Å². The number of aryl methyl sites for hydroxylation is 2. The highest BCUT2D eigenvalue weighted by Gasteiger charge is 2.30. The fourth-order valence-corrected chi connectivity index (χ4v) is 11.3. The summed E-state index contributed by atoms with van der Waals surface area (Å²) in [7, 11) is 0. The van der Waals surface area contributed by atoms with Crippen LogP contribution in [0, 0.1) is 12.1 Å². The Morgan fingerprint density at radius 3 is 0.687 bits per heavy atom. The molecule has 0 heteroatoms. The summed E-state index contributed by atoms with van der Waals surface area (Å²) in [6, 6.07) is 17.4. The molecule has 386 valence electrons. The van der Waals surface area contributed by atoms with Crippen LogP contribution in [0.15, 0.2) is 24.3 Å². The fourth-order valence-electron chi connectivity index (χ4n) is 11.3. The topological polar surface area (TPSA) is 0 Å². The van der Waals surface area contributed by atoms with Crippen LogP contribution < -0.4 is 0 Å². The van der Waals surface area contributed by atoms with E-state index in [0.717, 1.165) is 0 Å². The fraction of sp³-hybridized carbons (Fsp3) is 0.821. The van der Waals surface area contributed by atoms with Crippen molar-refractivity contribution < 1.29 is 0 Å². The van der Waals surface area contributed by atoms with E-state index in [9.17, 15) is 0 Å². The molecule has 0 amide bonds. The largest absolute Gasteiger partial charge is 0.0654 e. The van der Waals surface area contributed by atoms with Gasteiger partial charge in [-0.25, -0.2) is 0 Å². The molecule has 67 heavy (non-hydrogen) atoms. The van der Waals surface area contributed by atoms with Gasteiger partial charge in [-0.2, -0.15) is 0 Å². The van der Waals surface area contributed by atoms with Crippen LogP contribution >= 0.6 is 0 Å². The molecule has 0 saturated carbocycles. The van der Waals surface area contributed by atoms with Crippen LogP contribution in [0.5, 0.6) is 0 Å². The van der Waals surface area contributed by atoms with Crippen LogP contribution in [-0.2, 0) is 31.1 Å². The van der Waals surface area contributed by atoms with Crippen molar-refractivity contribution in [2.45, 2.75) is 355 Å². The predicted molar refractivity (Wildman–Crippen MR) is 303 cm³/mol. The standard InChI is InChI=1S/C67H118/c1-7-11-15-19-23-27-31-35-39-43-47-53-61-55-51-59-65(63(61)57-49-45-41-37-33-29-25-21-17-13-9-3)67(5,6)66-60-52-56-62(54-48-44-40-36-32-28-24-20-16-12-8-2)64(66)58-50-46-42-38-34-30-26-22-18-14-10-4/h51-52,59-60H,7-50,53-54,57-58H2,1-6H3. The molecule has 2 aromatic rings. The van der Waals surface area contributed by atoms with E-state index in [4.69, 9.17) is 0 Å². The van der Waals surface area contributed by atoms with Gasteiger partial charge in [0.25, 0.3) is 0 Å². The first-order valence-electron chi connectivity index (χ1n) is 31.1. The Labute approximate surface area is 423 Å². The smallest absolute Gasteiger partial charge is 0.0152 e. The van der Waals surface area contributed by atoms with Crippen molar-refractivity contribution in [3.05, 3.63) is 69.8 Å². The molecular weight excluding hydrogens is 805 g/mol. The average Bonchev–Trinajstić information content (AvgIpc) is 3.33. The van der Waals surface area contributed by atoms with Crippen LogP contribution in [-0.4, -0.2) is 0 Å². The van der Waals surface area contributed by atoms with E-state index < -0.39 is 0 Å². The summed E-state index contributed by atoms with van der Waals surface area (Å²) in [5, 5.41) is 0. The Morgan fingerprint density at radius 2 is 0.463 bits per heavy atom. The zero-order valence-corrected chi connectivity index (χ0v) is 46.8. The van der Waals surface area contributed by atoms with Crippen molar-refractivity contribution in [2.75, 3.05) is 0 Å². The summed E-state index contributed by atoms with van der Waals surface area (Å²) >= 11 is 0. The SMILES string of the molecule is CCCCCCCCCCCCCc1[c]ccc(C(C)(C)c2cc[c]c(CCCCCCCCCCCCC)c2CCCCCCCCCCCCC)c1CCCCCCCCCCCCC. The summed E-state index contributed by atoms with van der Waals surface area (Å²) in [5.41, 5.74) is 9.58. The monoisotopic (exact) mass is 923 g/mol. The molecule has 0 aliphatic carbocycles. The van der Waals surface area contributed by atoms with E-state index in [1.165, 1.54) is 308 Å². The molecule has 2 rings (SSSR count). The van der Waals surface area contributed by atoms with Crippen LogP contribution in [0.2, 0.25) is 0 Å². The van der Waals surface area contributed by atoms with Crippen molar-refractivity contribution in [3.63, 3.8) is 0 Å². The molecule has 0 N–H and O–H groups in total. The Morgan fingerprint density at radius 1 is 0.269 bits per heavy atom. The third-order valence-corrected chi connectivity index (χ3v) is 15.9. The molecule has 0 spiro atoms. The van der Waals surface area contributed by atoms with E-state index >= 15 is 0 Å². The normalized spacial score (nSPS) is 11.9. The van der Waals surface area contributed by atoms with Gasteiger partial charge in [-0.3, -0.25) is 0 Å². The minimum Gasteiger partial charge on any atom is -0.0654 e. The number of benzene rings is 2. The van der Waals surface area contributed by atoms with Gasteiger partial charge in [0.05, 0.1) is 0 Å². The lowest BCUT2D eigenvalue weighted by molar-refractivity contribution is 0.542. The summed E-state index contributed by atoms with van der Waals surface area (Å²) in [4.78, 5) is 0. The molecule has 2 aromatic carbocycles. The summed E-state index contributed by atoms with van der Waals surface area (Å²) in [5.74, 6) is 0. The molecule has 0 nitrogen and oxygen atoms in total. The quantitative estimate of drug-likeness (QED) is 0.0580. The summed E-state index contributed by atoms with van der Waals surface area (Å²) < 4.78 is 0. The summed E-state index contributed by atoms with van der Waals surface area (Å²) in [6.45, 7) is 14.5. The first-order chi connectivity index (χ1) is 33.0. The van der Waals surface area contributed by atoms with Gasteiger partial charge in [-0.05, 0) is 96.9 Å². The Balaban J connectivity index is 2.20. The van der Waals surface area contributed by atoms with Gasteiger partial charge in [0.1, 0.15) is 0 Å². The molecule has 0 unspecified atom stereocenters. The second-order valence-electron chi connectivity index (χ2n) is 22.5. The molecule has 0 aliphatic rings. The third kappa shape index (κ3) is 30.7. The highest BCUT2D eigenvalue weighted by atomic mass is 14.3. The van der Waals surface area contributed by atoms with Gasteiger partial charge in [0.2, 0.25) is 0 Å². The van der Waals surface area contributed by atoms with Gasteiger partial charge < -0.3 is 0 Å². The predicted octanol–water partition coefficient (Wildman–Crippen LogP) is 23.0. The number of rotatable bonds is 50. The van der Waals surface area contributed by atoms with E-state index in [1.54, 1.807) is 33.4 Å². The number of hydrogen-bond donors (Lipinski definition) is 0. The lowest BCUT2D eigenvalue weighted by Gasteiger charge is -2.33. The van der Waals surface area contributed by atoms with Gasteiger partial charge in [0, 0.05) is 5.41 Å². The minimum absolute atomic E-state index is 0.0395. The van der Waals surface area contributed by atoms with Crippen molar-refractivity contribution in [3.8, 4) is 0 Å². The highest BCUT2D eigenvalue weighted by Crippen LogP contribution is 2.39. The maximum Gasteiger partial charge on any atom is 0.0152 e. The molecule has 0 bridgehead atoms. The van der Waals surface area contributed by atoms with Gasteiger partial charge in [-0.15, -0.1) is 0 Å². The Hall–Kier alpha value is -1.56. The maximum atomic E-state index is 3.89. The first-order valence-corrected chi connectivity index (χ1v) is 31.1. The second kappa shape index (κ2) is 44.4. The number of hydrogen-bond acceptors (Lipinski definition) is 0. The maximum absolute atomic E-state index is 3.89. The zero-order valence-electron chi connectivity index (χ0n) is 46.8. The lowest BCUT2D eigenvalue weighted by Crippen LogP contribution is -2.24. The molecule has 0 aromatic heterocycles. The van der Waals surface area contributed by atoms with E-state index in [0.29, 0.717) is 0 Å². The van der Waals surface area contributed by atoms with Crippen molar-refractivity contribution in [1.82, 2.24) is 0 Å². The molecule has 0 saturated heterocycles. The third-order valence-electron chi connectivity index (χ3n) is 15.9. The van der Waals surface area contributed by atoms with Crippen LogP contribution in [0.3, 0.4) is 0 Å². The van der Waals surface area contributed by atoms with Gasteiger partial charge in [0.15, 0.2) is 0 Å². The minimum atomic E-state index is -0.0395. The van der Waals surface area contributed by atoms with Crippen molar-refractivity contribution in [2.24, 2.45) is 0 Å². The Bertz CT molecular complexity index is 1240. The highest BCUT2D eigenvalue weighted by molar-refractivity contribution is 5.50. The lowest BCUT2D eigenvalue weighted by atomic mass is 9.71. The van der Waals surface area contributed by atoms with E-state index in [1.807, 2.05) is 0 Å². The Kier molecular flexibility index (Phi) is 40.8. The van der Waals surface area contributed by atoms with E-state index in [2.05, 4.69) is 77.9 Å².